The Hall–Kier alpha value is -4.99. The third-order valence-electron chi connectivity index (χ3n) is 9.51. The smallest absolute Gasteiger partial charge is 0.192 e. The van der Waals surface area contributed by atoms with Gasteiger partial charge in [0.1, 0.15) is 6.10 Å². The van der Waals surface area contributed by atoms with Crippen molar-refractivity contribution in [1.29, 1.82) is 0 Å². The van der Waals surface area contributed by atoms with Crippen molar-refractivity contribution < 1.29 is 9.90 Å². The molecule has 1 atom stereocenters. The van der Waals surface area contributed by atoms with Crippen LogP contribution >= 0.6 is 0 Å². The number of fused-ring (bicyclic) bond motifs is 6. The second-order valence-electron chi connectivity index (χ2n) is 12.9. The zero-order chi connectivity index (χ0) is 30.3. The predicted molar refractivity (Wildman–Crippen MR) is 181 cm³/mol. The van der Waals surface area contributed by atoms with Crippen molar-refractivity contribution in [3.63, 3.8) is 0 Å². The zero-order valence-electron chi connectivity index (χ0n) is 25.3. The number of ketones is 1. The van der Waals surface area contributed by atoms with E-state index >= 15 is 0 Å². The van der Waals surface area contributed by atoms with Gasteiger partial charge in [-0.2, -0.15) is 0 Å². The van der Waals surface area contributed by atoms with Crippen LogP contribution in [-0.4, -0.2) is 10.9 Å². The minimum absolute atomic E-state index is 0.106. The summed E-state index contributed by atoms with van der Waals surface area (Å²) in [6.45, 7) is 8.93. The molecule has 2 aliphatic rings. The molecule has 0 fully saturated rings. The number of hydrogen-bond acceptors (Lipinski definition) is 3. The molecule has 0 saturated heterocycles. The van der Waals surface area contributed by atoms with Crippen molar-refractivity contribution in [1.82, 2.24) is 0 Å². The summed E-state index contributed by atoms with van der Waals surface area (Å²) >= 11 is 0. The van der Waals surface area contributed by atoms with Gasteiger partial charge in [-0.05, 0) is 117 Å². The van der Waals surface area contributed by atoms with Crippen LogP contribution < -0.4 is 4.90 Å². The molecule has 0 bridgehead atoms. The maximum atomic E-state index is 13.5. The molecule has 1 unspecified atom stereocenters. The lowest BCUT2D eigenvalue weighted by Gasteiger charge is -2.43. The zero-order valence-corrected chi connectivity index (χ0v) is 25.3. The Morgan fingerprint density at radius 1 is 0.727 bits per heavy atom. The summed E-state index contributed by atoms with van der Waals surface area (Å²) in [4.78, 5) is 15.9. The second-order valence-corrected chi connectivity index (χ2v) is 12.9. The van der Waals surface area contributed by atoms with Gasteiger partial charge >= 0.3 is 0 Å². The highest BCUT2D eigenvalue weighted by Gasteiger charge is 2.38. The van der Waals surface area contributed by atoms with Gasteiger partial charge in [0.25, 0.3) is 0 Å². The van der Waals surface area contributed by atoms with Gasteiger partial charge in [0.05, 0.1) is 11.4 Å². The fraction of sp³-hybridized carbons (Fsp3) is 0.146. The van der Waals surface area contributed by atoms with E-state index in [2.05, 4.69) is 105 Å². The molecule has 0 saturated carbocycles. The summed E-state index contributed by atoms with van der Waals surface area (Å²) in [6, 6.07) is 38.1. The van der Waals surface area contributed by atoms with Crippen molar-refractivity contribution >= 4 is 50.5 Å². The summed E-state index contributed by atoms with van der Waals surface area (Å²) in [5.41, 5.74) is 10.9. The lowest BCUT2D eigenvalue weighted by Crippen LogP contribution is -2.31. The molecule has 1 heterocycles. The Morgan fingerprint density at radius 2 is 1.43 bits per heavy atom. The summed E-state index contributed by atoms with van der Waals surface area (Å²) in [5, 5.41) is 15.6. The second kappa shape index (κ2) is 9.51. The van der Waals surface area contributed by atoms with E-state index in [1.807, 2.05) is 42.5 Å². The van der Waals surface area contributed by atoms with E-state index in [1.54, 1.807) is 0 Å². The first-order chi connectivity index (χ1) is 21.2. The minimum atomic E-state index is -0.942. The highest BCUT2D eigenvalue weighted by Crippen LogP contribution is 2.54. The topological polar surface area (TPSA) is 40.5 Å². The number of aliphatic hydroxyl groups excluding tert-OH is 1. The van der Waals surface area contributed by atoms with E-state index in [-0.39, 0.29) is 11.2 Å². The fourth-order valence-electron chi connectivity index (χ4n) is 7.54. The number of carbonyl (C=O) groups excluding carboxylic acids is 1. The molecular weight excluding hydrogens is 538 g/mol. The molecule has 1 N–H and O–H groups in total. The van der Waals surface area contributed by atoms with Crippen molar-refractivity contribution in [2.24, 2.45) is 0 Å². The molecule has 0 aromatic heterocycles. The van der Waals surface area contributed by atoms with E-state index in [0.29, 0.717) is 16.7 Å². The van der Waals surface area contributed by atoms with Crippen LogP contribution in [0.5, 0.6) is 0 Å². The van der Waals surface area contributed by atoms with Crippen LogP contribution in [0, 0.1) is 13.8 Å². The monoisotopic (exact) mass is 571 g/mol. The summed E-state index contributed by atoms with van der Waals surface area (Å²) in [6.07, 6.45) is 0.918. The van der Waals surface area contributed by atoms with Gasteiger partial charge in [0.15, 0.2) is 5.78 Å². The highest BCUT2D eigenvalue weighted by molar-refractivity contribution is 6.18. The molecule has 3 heteroatoms. The van der Waals surface area contributed by atoms with Crippen LogP contribution in [0.1, 0.15) is 63.7 Å². The minimum Gasteiger partial charge on any atom is -0.383 e. The average Bonchev–Trinajstić information content (AvgIpc) is 3.23. The SMILES string of the molecule is Cc1cc(C)cc(N2c3ccccc3C(C)(C)c3c2ccc2cc(/C=C4/C(=O)c5cc6ccccc6cc5C4O)ccc32)c1. The first-order valence-electron chi connectivity index (χ1n) is 15.2. The normalized spacial score (nSPS) is 17.7. The number of rotatable bonds is 2. The number of hydrogen-bond donors (Lipinski definition) is 1. The van der Waals surface area contributed by atoms with Crippen LogP contribution in [0.15, 0.2) is 115 Å². The number of aliphatic hydroxyl groups is 1. The third kappa shape index (κ3) is 3.89. The van der Waals surface area contributed by atoms with Crippen molar-refractivity contribution in [3.8, 4) is 0 Å². The summed E-state index contributed by atoms with van der Waals surface area (Å²) in [5.74, 6) is -0.106. The lowest BCUT2D eigenvalue weighted by molar-refractivity contribution is 0.102. The Balaban J connectivity index is 1.27. The number of anilines is 3. The summed E-state index contributed by atoms with van der Waals surface area (Å²) in [7, 11) is 0. The first kappa shape index (κ1) is 26.6. The molecule has 6 aromatic carbocycles. The molecule has 1 aliphatic heterocycles. The van der Waals surface area contributed by atoms with Crippen LogP contribution in [0.4, 0.5) is 17.1 Å². The molecular formula is C41H33NO2. The van der Waals surface area contributed by atoms with Crippen molar-refractivity contribution in [2.75, 3.05) is 4.90 Å². The molecule has 0 spiro atoms. The lowest BCUT2D eigenvalue weighted by atomic mass is 9.71. The van der Waals surface area contributed by atoms with E-state index in [1.165, 1.54) is 39.0 Å². The fourth-order valence-corrected chi connectivity index (χ4v) is 7.54. The molecule has 0 radical (unpaired) electrons. The van der Waals surface area contributed by atoms with Gasteiger partial charge in [-0.25, -0.2) is 0 Å². The maximum Gasteiger partial charge on any atom is 0.192 e. The van der Waals surface area contributed by atoms with Gasteiger partial charge in [-0.1, -0.05) is 80.6 Å². The van der Waals surface area contributed by atoms with Crippen LogP contribution in [-0.2, 0) is 5.41 Å². The number of para-hydroxylation sites is 1. The molecule has 6 aromatic rings. The van der Waals surface area contributed by atoms with Crippen LogP contribution in [0.25, 0.3) is 27.6 Å². The van der Waals surface area contributed by atoms with Crippen LogP contribution in [0.3, 0.4) is 0 Å². The molecule has 214 valence electrons. The maximum absolute atomic E-state index is 13.5. The first-order valence-corrected chi connectivity index (χ1v) is 15.2. The summed E-state index contributed by atoms with van der Waals surface area (Å²) < 4.78 is 0. The number of Topliss-reactive ketones (excluding diaryl/α,β-unsaturated/α-hetero) is 1. The molecule has 1 aliphatic carbocycles. The predicted octanol–water partition coefficient (Wildman–Crippen LogP) is 10.0. The number of nitrogens with zero attached hydrogens (tertiary/aromatic N) is 1. The van der Waals surface area contributed by atoms with Gasteiger partial charge in [-0.15, -0.1) is 0 Å². The van der Waals surface area contributed by atoms with E-state index < -0.39 is 6.10 Å². The quantitative estimate of drug-likeness (QED) is 0.210. The average molecular weight is 572 g/mol. The van der Waals surface area contributed by atoms with Gasteiger partial charge < -0.3 is 10.0 Å². The molecule has 8 rings (SSSR count). The Labute approximate surface area is 257 Å². The molecule has 3 nitrogen and oxygen atoms in total. The standard InChI is InChI=1S/C41H33NO2/c1-24-17-25(2)19-30(18-24)42-36-12-8-7-11-35(36)41(3,4)38-31-15-13-26(20-29(31)14-16-37(38)42)21-34-39(43)32-22-27-9-5-6-10-28(27)23-33(32)40(34)44/h5-23,39,43H,1-4H3/b34-21+. The van der Waals surface area contributed by atoms with Crippen molar-refractivity contribution in [2.45, 2.75) is 39.2 Å². The third-order valence-corrected chi connectivity index (χ3v) is 9.51. The number of carbonyl (C=O) groups is 1. The van der Waals surface area contributed by atoms with Crippen molar-refractivity contribution in [3.05, 3.63) is 154 Å². The Kier molecular flexibility index (Phi) is 5.75. The number of benzene rings is 6. The Morgan fingerprint density at radius 3 is 2.20 bits per heavy atom. The van der Waals surface area contributed by atoms with Gasteiger partial charge in [0.2, 0.25) is 0 Å². The van der Waals surface area contributed by atoms with Crippen LogP contribution in [0.2, 0.25) is 0 Å². The van der Waals surface area contributed by atoms with E-state index in [4.69, 9.17) is 0 Å². The molecule has 44 heavy (non-hydrogen) atoms. The van der Waals surface area contributed by atoms with Gasteiger partial charge in [0, 0.05) is 22.2 Å². The Bertz CT molecular complexity index is 2200. The van der Waals surface area contributed by atoms with Gasteiger partial charge in [-0.3, -0.25) is 4.79 Å². The largest absolute Gasteiger partial charge is 0.383 e. The number of aryl methyl sites for hydroxylation is 2. The van der Waals surface area contributed by atoms with E-state index in [9.17, 15) is 9.90 Å². The molecule has 0 amide bonds. The van der Waals surface area contributed by atoms with E-state index in [0.717, 1.165) is 27.4 Å². The highest BCUT2D eigenvalue weighted by atomic mass is 16.3.